The van der Waals surface area contributed by atoms with Crippen molar-refractivity contribution in [3.63, 3.8) is 0 Å². The summed E-state index contributed by atoms with van der Waals surface area (Å²) in [6.45, 7) is 2.66. The Hall–Kier alpha value is -4.10. The second-order valence-corrected chi connectivity index (χ2v) is 8.65. The molecular formula is C27H24ClN5O2. The zero-order valence-corrected chi connectivity index (χ0v) is 19.9. The first kappa shape index (κ1) is 22.7. The van der Waals surface area contributed by atoms with E-state index in [0.717, 1.165) is 16.7 Å². The summed E-state index contributed by atoms with van der Waals surface area (Å²) in [6, 6.07) is 24.5. The summed E-state index contributed by atoms with van der Waals surface area (Å²) >= 11 is 6.01. The smallest absolute Gasteiger partial charge is 0.251 e. The van der Waals surface area contributed by atoms with Gasteiger partial charge in [-0.1, -0.05) is 72.3 Å². The Morgan fingerprint density at radius 2 is 1.77 bits per heavy atom. The highest BCUT2D eigenvalue weighted by Gasteiger charge is 2.35. The SMILES string of the molecule is CC1=C(C(=O)NCc2ccccc2)[C@H](c2ccccc2OCc2ccc(Cl)cc2)n2ncnc2N1. The molecule has 0 saturated carbocycles. The normalized spacial score (nSPS) is 14.7. The molecule has 8 heteroatoms. The molecule has 1 aromatic heterocycles. The summed E-state index contributed by atoms with van der Waals surface area (Å²) in [6.07, 6.45) is 1.48. The quantitative estimate of drug-likeness (QED) is 0.380. The molecule has 1 aliphatic rings. The lowest BCUT2D eigenvalue weighted by Crippen LogP contribution is -2.35. The van der Waals surface area contributed by atoms with Crippen LogP contribution in [0, 0.1) is 0 Å². The number of hydrogen-bond donors (Lipinski definition) is 2. The van der Waals surface area contributed by atoms with Crippen LogP contribution in [0.25, 0.3) is 0 Å². The van der Waals surface area contributed by atoms with Gasteiger partial charge in [-0.25, -0.2) is 4.68 Å². The number of rotatable bonds is 7. The van der Waals surface area contributed by atoms with E-state index in [-0.39, 0.29) is 5.91 Å². The predicted octanol–water partition coefficient (Wildman–Crippen LogP) is 5.12. The molecule has 0 bridgehead atoms. The number of carbonyl (C=O) groups is 1. The van der Waals surface area contributed by atoms with Crippen LogP contribution in [0.4, 0.5) is 5.95 Å². The number of allylic oxidation sites excluding steroid dienone is 1. The molecule has 0 aliphatic carbocycles. The van der Waals surface area contributed by atoms with Gasteiger partial charge in [-0.05, 0) is 36.2 Å². The molecule has 3 aromatic carbocycles. The van der Waals surface area contributed by atoms with Gasteiger partial charge < -0.3 is 15.4 Å². The summed E-state index contributed by atoms with van der Waals surface area (Å²) in [4.78, 5) is 17.8. The first-order valence-corrected chi connectivity index (χ1v) is 11.6. The monoisotopic (exact) mass is 485 g/mol. The van der Waals surface area contributed by atoms with E-state index in [1.54, 1.807) is 4.68 Å². The van der Waals surface area contributed by atoms with Crippen molar-refractivity contribution >= 4 is 23.5 Å². The van der Waals surface area contributed by atoms with Crippen molar-refractivity contribution in [1.82, 2.24) is 20.1 Å². The zero-order chi connectivity index (χ0) is 24.2. The number of aromatic nitrogens is 3. The number of ether oxygens (including phenoxy) is 1. The van der Waals surface area contributed by atoms with Crippen molar-refractivity contribution in [2.45, 2.75) is 26.1 Å². The van der Waals surface area contributed by atoms with E-state index >= 15 is 0 Å². The lowest BCUT2D eigenvalue weighted by atomic mass is 9.94. The largest absolute Gasteiger partial charge is 0.489 e. The number of benzene rings is 3. The van der Waals surface area contributed by atoms with Crippen LogP contribution in [-0.4, -0.2) is 20.7 Å². The lowest BCUT2D eigenvalue weighted by Gasteiger charge is -2.29. The number of anilines is 1. The van der Waals surface area contributed by atoms with Crippen LogP contribution in [0.1, 0.15) is 29.7 Å². The third-order valence-corrected chi connectivity index (χ3v) is 6.11. The fourth-order valence-electron chi connectivity index (χ4n) is 4.13. The van der Waals surface area contributed by atoms with Crippen molar-refractivity contribution in [1.29, 1.82) is 0 Å². The fourth-order valence-corrected chi connectivity index (χ4v) is 4.25. The van der Waals surface area contributed by atoms with Gasteiger partial charge in [-0.2, -0.15) is 10.1 Å². The minimum atomic E-state index is -0.508. The average molecular weight is 486 g/mol. The number of nitrogens with one attached hydrogen (secondary N) is 2. The molecule has 7 nitrogen and oxygen atoms in total. The maximum Gasteiger partial charge on any atom is 0.251 e. The van der Waals surface area contributed by atoms with Crippen LogP contribution in [0.15, 0.2) is 96.5 Å². The van der Waals surface area contributed by atoms with Gasteiger partial charge in [0.05, 0.1) is 5.57 Å². The molecule has 35 heavy (non-hydrogen) atoms. The van der Waals surface area contributed by atoms with Gasteiger partial charge in [0.1, 0.15) is 24.7 Å². The fraction of sp³-hybridized carbons (Fsp3) is 0.148. The molecule has 2 heterocycles. The molecular weight excluding hydrogens is 462 g/mol. The molecule has 0 radical (unpaired) electrons. The first-order chi connectivity index (χ1) is 17.1. The number of nitrogens with zero attached hydrogens (tertiary/aromatic N) is 3. The summed E-state index contributed by atoms with van der Waals surface area (Å²) in [5, 5.41) is 11.4. The van der Waals surface area contributed by atoms with Crippen LogP contribution in [-0.2, 0) is 17.9 Å². The highest BCUT2D eigenvalue weighted by molar-refractivity contribution is 6.30. The second kappa shape index (κ2) is 10.0. The van der Waals surface area contributed by atoms with Gasteiger partial charge in [-0.3, -0.25) is 4.79 Å². The topological polar surface area (TPSA) is 81.1 Å². The number of hydrogen-bond acceptors (Lipinski definition) is 5. The van der Waals surface area contributed by atoms with E-state index in [1.165, 1.54) is 6.33 Å². The van der Waals surface area contributed by atoms with Gasteiger partial charge in [0.15, 0.2) is 0 Å². The molecule has 5 rings (SSSR count). The van der Waals surface area contributed by atoms with E-state index in [1.807, 2.05) is 85.8 Å². The van der Waals surface area contributed by atoms with E-state index < -0.39 is 6.04 Å². The van der Waals surface area contributed by atoms with Gasteiger partial charge in [0, 0.05) is 22.8 Å². The summed E-state index contributed by atoms with van der Waals surface area (Å²) < 4.78 is 7.94. The summed E-state index contributed by atoms with van der Waals surface area (Å²) in [5.74, 6) is 1.05. The van der Waals surface area contributed by atoms with E-state index in [9.17, 15) is 4.79 Å². The Labute approximate surface area is 208 Å². The number of carbonyl (C=O) groups excluding carboxylic acids is 1. The van der Waals surface area contributed by atoms with E-state index in [4.69, 9.17) is 16.3 Å². The first-order valence-electron chi connectivity index (χ1n) is 11.3. The molecule has 0 unspecified atom stereocenters. The highest BCUT2D eigenvalue weighted by atomic mass is 35.5. The summed E-state index contributed by atoms with van der Waals surface area (Å²) in [5.41, 5.74) is 4.10. The Bertz CT molecular complexity index is 1370. The van der Waals surface area contributed by atoms with Crippen LogP contribution in [0.3, 0.4) is 0 Å². The standard InChI is InChI=1S/C27H24ClN5O2/c1-18-24(26(34)29-15-19-7-3-2-4-8-19)25(33-27(32-18)30-17-31-33)22-9-5-6-10-23(22)35-16-20-11-13-21(28)14-12-20/h2-14,17,25H,15-16H2,1H3,(H,29,34)(H,30,31,32)/t25-/m0/s1. The molecule has 1 atom stereocenters. The molecule has 1 aliphatic heterocycles. The van der Waals surface area contributed by atoms with Crippen molar-refractivity contribution in [3.05, 3.63) is 118 Å². The number of fused-ring (bicyclic) bond motifs is 1. The zero-order valence-electron chi connectivity index (χ0n) is 19.1. The maximum absolute atomic E-state index is 13.5. The van der Waals surface area contributed by atoms with E-state index in [0.29, 0.717) is 41.1 Å². The van der Waals surface area contributed by atoms with Crippen molar-refractivity contribution in [2.24, 2.45) is 0 Å². The van der Waals surface area contributed by atoms with Crippen molar-refractivity contribution in [2.75, 3.05) is 5.32 Å². The maximum atomic E-state index is 13.5. The highest BCUT2D eigenvalue weighted by Crippen LogP contribution is 2.39. The number of amides is 1. The Balaban J connectivity index is 1.46. The predicted molar refractivity (Wildman–Crippen MR) is 135 cm³/mol. The minimum Gasteiger partial charge on any atom is -0.489 e. The molecule has 0 fully saturated rings. The third-order valence-electron chi connectivity index (χ3n) is 5.86. The third kappa shape index (κ3) is 4.90. The molecule has 4 aromatic rings. The number of para-hydroxylation sites is 1. The molecule has 1 amide bonds. The summed E-state index contributed by atoms with van der Waals surface area (Å²) in [7, 11) is 0. The Kier molecular flexibility index (Phi) is 6.50. The average Bonchev–Trinajstić information content (AvgIpc) is 3.35. The van der Waals surface area contributed by atoms with Crippen LogP contribution >= 0.6 is 11.6 Å². The van der Waals surface area contributed by atoms with Gasteiger partial charge in [-0.15, -0.1) is 0 Å². The van der Waals surface area contributed by atoms with Crippen LogP contribution in [0.5, 0.6) is 5.75 Å². The molecule has 0 saturated heterocycles. The minimum absolute atomic E-state index is 0.183. The lowest BCUT2D eigenvalue weighted by molar-refractivity contribution is -0.118. The van der Waals surface area contributed by atoms with Crippen LogP contribution < -0.4 is 15.4 Å². The second-order valence-electron chi connectivity index (χ2n) is 8.22. The van der Waals surface area contributed by atoms with Crippen molar-refractivity contribution < 1.29 is 9.53 Å². The Morgan fingerprint density at radius 3 is 2.57 bits per heavy atom. The van der Waals surface area contributed by atoms with Crippen molar-refractivity contribution in [3.8, 4) is 5.75 Å². The molecule has 2 N–H and O–H groups in total. The van der Waals surface area contributed by atoms with Crippen LogP contribution in [0.2, 0.25) is 5.02 Å². The number of halogens is 1. The molecule has 176 valence electrons. The van der Waals surface area contributed by atoms with E-state index in [2.05, 4.69) is 20.7 Å². The molecule has 0 spiro atoms. The Morgan fingerprint density at radius 1 is 1.03 bits per heavy atom. The van der Waals surface area contributed by atoms with Gasteiger partial charge in [0.25, 0.3) is 5.91 Å². The van der Waals surface area contributed by atoms with Gasteiger partial charge >= 0.3 is 0 Å². The van der Waals surface area contributed by atoms with Gasteiger partial charge in [0.2, 0.25) is 5.95 Å².